The quantitative estimate of drug-likeness (QED) is 0.549. The second-order valence-corrected chi connectivity index (χ2v) is 7.71. The Kier molecular flexibility index (Phi) is 7.28. The second-order valence-electron chi connectivity index (χ2n) is 7.71. The summed E-state index contributed by atoms with van der Waals surface area (Å²) in [4.78, 5) is 0. The Balaban J connectivity index is 2.31. The summed E-state index contributed by atoms with van der Waals surface area (Å²) >= 11 is 0. The van der Waals surface area contributed by atoms with Crippen molar-refractivity contribution in [1.29, 1.82) is 0 Å². The van der Waals surface area contributed by atoms with Crippen LogP contribution in [-0.4, -0.2) is 6.10 Å². The molecule has 2 unspecified atom stereocenters. The van der Waals surface area contributed by atoms with E-state index >= 15 is 0 Å². The van der Waals surface area contributed by atoms with Gasteiger partial charge in [-0.2, -0.15) is 0 Å². The van der Waals surface area contributed by atoms with Gasteiger partial charge in [-0.3, -0.25) is 0 Å². The van der Waals surface area contributed by atoms with Gasteiger partial charge in [-0.25, -0.2) is 0 Å². The van der Waals surface area contributed by atoms with E-state index < -0.39 is 0 Å². The van der Waals surface area contributed by atoms with Crippen LogP contribution in [0.4, 0.5) is 0 Å². The average molecular weight is 290 g/mol. The van der Waals surface area contributed by atoms with Gasteiger partial charge < -0.3 is 4.74 Å². The minimum atomic E-state index is 0.300. The van der Waals surface area contributed by atoms with E-state index in [-0.39, 0.29) is 0 Å². The van der Waals surface area contributed by atoms with Gasteiger partial charge in [0.1, 0.15) is 5.75 Å². The van der Waals surface area contributed by atoms with Crippen molar-refractivity contribution in [3.05, 3.63) is 29.8 Å². The van der Waals surface area contributed by atoms with Gasteiger partial charge in [-0.1, -0.05) is 53.2 Å². The normalized spacial score (nSPS) is 14.8. The van der Waals surface area contributed by atoms with E-state index in [1.807, 2.05) is 0 Å². The molecule has 1 rings (SSSR count). The van der Waals surface area contributed by atoms with Gasteiger partial charge in [0, 0.05) is 0 Å². The molecule has 0 aliphatic rings. The molecule has 0 N–H and O–H groups in total. The summed E-state index contributed by atoms with van der Waals surface area (Å²) in [6, 6.07) is 8.48. The summed E-state index contributed by atoms with van der Waals surface area (Å²) < 4.78 is 6.05. The van der Waals surface area contributed by atoms with Crippen LogP contribution in [0, 0.1) is 11.3 Å². The lowest BCUT2D eigenvalue weighted by Crippen LogP contribution is -2.14. The number of hydrogen-bond donors (Lipinski definition) is 0. The Labute approximate surface area is 132 Å². The molecule has 0 radical (unpaired) electrons. The molecule has 21 heavy (non-hydrogen) atoms. The van der Waals surface area contributed by atoms with Crippen molar-refractivity contribution in [3.63, 3.8) is 0 Å². The molecule has 0 bridgehead atoms. The monoisotopic (exact) mass is 290 g/mol. The molecule has 1 aromatic rings. The summed E-state index contributed by atoms with van der Waals surface area (Å²) in [5.74, 6) is 1.81. The standard InChI is InChI=1S/C20H34O/c1-7-18-9-8-10-19(15-18)21-17(3)12-11-16(2)13-14-20(4,5)6/h8-10,15-17H,7,11-14H2,1-6H3. The van der Waals surface area contributed by atoms with Crippen LogP contribution in [-0.2, 0) is 6.42 Å². The SMILES string of the molecule is CCc1cccc(OC(C)CCC(C)CCC(C)(C)C)c1. The van der Waals surface area contributed by atoms with Crippen molar-refractivity contribution in [3.8, 4) is 5.75 Å². The van der Waals surface area contributed by atoms with Crippen molar-refractivity contribution >= 4 is 0 Å². The molecular weight excluding hydrogens is 256 g/mol. The number of ether oxygens (including phenoxy) is 1. The van der Waals surface area contributed by atoms with E-state index in [4.69, 9.17) is 4.74 Å². The van der Waals surface area contributed by atoms with Gasteiger partial charge in [0.25, 0.3) is 0 Å². The number of aryl methyl sites for hydroxylation is 1. The Morgan fingerprint density at radius 3 is 2.38 bits per heavy atom. The summed E-state index contributed by atoms with van der Waals surface area (Å²) in [5.41, 5.74) is 1.80. The lowest BCUT2D eigenvalue weighted by atomic mass is 9.86. The summed E-state index contributed by atoms with van der Waals surface area (Å²) in [7, 11) is 0. The van der Waals surface area contributed by atoms with Crippen molar-refractivity contribution in [2.45, 2.75) is 79.8 Å². The Hall–Kier alpha value is -0.980. The van der Waals surface area contributed by atoms with Crippen molar-refractivity contribution in [1.82, 2.24) is 0 Å². The molecule has 0 saturated heterocycles. The Morgan fingerprint density at radius 1 is 1.05 bits per heavy atom. The maximum atomic E-state index is 6.05. The van der Waals surface area contributed by atoms with Crippen molar-refractivity contribution in [2.75, 3.05) is 0 Å². The predicted molar refractivity (Wildman–Crippen MR) is 93.0 cm³/mol. The number of rotatable bonds is 8. The minimum absolute atomic E-state index is 0.300. The average Bonchev–Trinajstić information content (AvgIpc) is 2.42. The van der Waals surface area contributed by atoms with Crippen LogP contribution in [0.5, 0.6) is 5.75 Å². The molecule has 0 amide bonds. The third-order valence-electron chi connectivity index (χ3n) is 4.10. The smallest absolute Gasteiger partial charge is 0.119 e. The van der Waals surface area contributed by atoms with Gasteiger partial charge in [0.05, 0.1) is 6.10 Å². The molecule has 0 aromatic heterocycles. The fraction of sp³-hybridized carbons (Fsp3) is 0.700. The minimum Gasteiger partial charge on any atom is -0.491 e. The first-order chi connectivity index (χ1) is 9.80. The van der Waals surface area contributed by atoms with Crippen molar-refractivity contribution < 1.29 is 4.74 Å². The molecule has 0 fully saturated rings. The molecule has 2 atom stereocenters. The lowest BCUT2D eigenvalue weighted by molar-refractivity contribution is 0.196. The first-order valence-corrected chi connectivity index (χ1v) is 8.55. The maximum Gasteiger partial charge on any atom is 0.119 e. The zero-order valence-corrected chi connectivity index (χ0v) is 14.9. The van der Waals surface area contributed by atoms with Gasteiger partial charge in [-0.05, 0) is 61.6 Å². The van der Waals surface area contributed by atoms with E-state index in [1.54, 1.807) is 0 Å². The lowest BCUT2D eigenvalue weighted by Gasteiger charge is -2.22. The third-order valence-corrected chi connectivity index (χ3v) is 4.10. The Morgan fingerprint density at radius 2 is 1.76 bits per heavy atom. The zero-order chi connectivity index (χ0) is 15.9. The highest BCUT2D eigenvalue weighted by atomic mass is 16.5. The molecule has 120 valence electrons. The van der Waals surface area contributed by atoms with E-state index in [1.165, 1.54) is 24.8 Å². The van der Waals surface area contributed by atoms with Crippen LogP contribution in [0.15, 0.2) is 24.3 Å². The van der Waals surface area contributed by atoms with Gasteiger partial charge in [0.2, 0.25) is 0 Å². The molecule has 1 heteroatoms. The summed E-state index contributed by atoms with van der Waals surface area (Å²) in [6.07, 6.45) is 6.39. The van der Waals surface area contributed by atoms with E-state index in [2.05, 4.69) is 65.8 Å². The van der Waals surface area contributed by atoms with E-state index in [9.17, 15) is 0 Å². The van der Waals surface area contributed by atoms with Crippen LogP contribution in [0.1, 0.15) is 72.8 Å². The number of hydrogen-bond acceptors (Lipinski definition) is 1. The van der Waals surface area contributed by atoms with Gasteiger partial charge >= 0.3 is 0 Å². The van der Waals surface area contributed by atoms with Crippen LogP contribution < -0.4 is 4.74 Å². The second kappa shape index (κ2) is 8.46. The third kappa shape index (κ3) is 8.14. The molecule has 0 saturated carbocycles. The fourth-order valence-electron chi connectivity index (χ4n) is 2.47. The zero-order valence-electron chi connectivity index (χ0n) is 14.9. The largest absolute Gasteiger partial charge is 0.491 e. The maximum absolute atomic E-state index is 6.05. The number of benzene rings is 1. The Bertz CT molecular complexity index is 403. The highest BCUT2D eigenvalue weighted by Gasteiger charge is 2.14. The van der Waals surface area contributed by atoms with Crippen LogP contribution in [0.2, 0.25) is 0 Å². The van der Waals surface area contributed by atoms with E-state index in [0.717, 1.165) is 24.5 Å². The molecule has 0 aliphatic heterocycles. The molecule has 0 heterocycles. The van der Waals surface area contributed by atoms with Crippen LogP contribution >= 0.6 is 0 Å². The first kappa shape index (κ1) is 18.1. The van der Waals surface area contributed by atoms with Gasteiger partial charge in [0.15, 0.2) is 0 Å². The molecule has 0 aliphatic carbocycles. The first-order valence-electron chi connectivity index (χ1n) is 8.55. The molecule has 0 spiro atoms. The summed E-state index contributed by atoms with van der Waals surface area (Å²) in [6.45, 7) is 13.7. The van der Waals surface area contributed by atoms with E-state index in [0.29, 0.717) is 11.5 Å². The van der Waals surface area contributed by atoms with Crippen molar-refractivity contribution in [2.24, 2.45) is 11.3 Å². The highest BCUT2D eigenvalue weighted by Crippen LogP contribution is 2.26. The molecular formula is C20H34O. The summed E-state index contributed by atoms with van der Waals surface area (Å²) in [5, 5.41) is 0. The molecule has 1 aromatic carbocycles. The highest BCUT2D eigenvalue weighted by molar-refractivity contribution is 5.28. The van der Waals surface area contributed by atoms with Crippen LogP contribution in [0.3, 0.4) is 0 Å². The molecule has 1 nitrogen and oxygen atoms in total. The topological polar surface area (TPSA) is 9.23 Å². The van der Waals surface area contributed by atoms with Gasteiger partial charge in [-0.15, -0.1) is 0 Å². The van der Waals surface area contributed by atoms with Crippen LogP contribution in [0.25, 0.3) is 0 Å². The predicted octanol–water partition coefficient (Wildman–Crippen LogP) is 6.26. The fourth-order valence-corrected chi connectivity index (χ4v) is 2.47.